The number of hydrogen-bond donors (Lipinski definition) is 2. The van der Waals surface area contributed by atoms with Gasteiger partial charge in [0.15, 0.2) is 22.7 Å². The number of hydrogen-bond acceptors (Lipinski definition) is 7. The second kappa shape index (κ2) is 7.96. The van der Waals surface area contributed by atoms with Crippen LogP contribution in [0.15, 0.2) is 59.3 Å². The maximum atomic E-state index is 6.23. The van der Waals surface area contributed by atoms with Crippen LogP contribution in [0.4, 0.5) is 5.82 Å². The van der Waals surface area contributed by atoms with E-state index in [0.717, 1.165) is 29.6 Å². The average molecular weight is 426 g/mol. The molecule has 1 aromatic carbocycles. The van der Waals surface area contributed by atoms with Gasteiger partial charge in [-0.3, -0.25) is 5.10 Å². The molecule has 32 heavy (non-hydrogen) atoms. The van der Waals surface area contributed by atoms with Gasteiger partial charge in [0.1, 0.15) is 16.9 Å². The summed E-state index contributed by atoms with van der Waals surface area (Å²) in [5.74, 6) is 2.75. The molecule has 1 fully saturated rings. The fraction of sp³-hybridized carbons (Fsp3) is 0.250. The van der Waals surface area contributed by atoms with Gasteiger partial charge in [-0.05, 0) is 49.2 Å². The number of oxazole rings is 1. The van der Waals surface area contributed by atoms with Crippen molar-refractivity contribution in [3.05, 3.63) is 54.9 Å². The minimum absolute atomic E-state index is 0.438. The van der Waals surface area contributed by atoms with Gasteiger partial charge in [-0.1, -0.05) is 19.3 Å². The number of aromatic amines is 1. The second-order valence-corrected chi connectivity index (χ2v) is 8.05. The quantitative estimate of drug-likeness (QED) is 0.372. The lowest BCUT2D eigenvalue weighted by Crippen LogP contribution is -2.22. The van der Waals surface area contributed by atoms with Crippen LogP contribution in [-0.4, -0.2) is 31.2 Å². The first kappa shape index (κ1) is 18.8. The molecule has 0 radical (unpaired) electrons. The first-order chi connectivity index (χ1) is 15.8. The largest absolute Gasteiger partial charge is 0.456 e. The molecule has 160 valence electrons. The first-order valence-electron chi connectivity index (χ1n) is 10.9. The third kappa shape index (κ3) is 3.53. The lowest BCUT2D eigenvalue weighted by Gasteiger charge is -2.22. The highest BCUT2D eigenvalue weighted by molar-refractivity contribution is 5.93. The van der Waals surface area contributed by atoms with Crippen LogP contribution < -0.4 is 10.1 Å². The lowest BCUT2D eigenvalue weighted by atomic mass is 9.95. The van der Waals surface area contributed by atoms with Crippen molar-refractivity contribution < 1.29 is 9.15 Å². The van der Waals surface area contributed by atoms with E-state index in [1.807, 2.05) is 42.5 Å². The molecule has 1 aliphatic carbocycles. The van der Waals surface area contributed by atoms with Gasteiger partial charge in [-0.15, -0.1) is 0 Å². The number of rotatable bonds is 5. The minimum Gasteiger partial charge on any atom is -0.456 e. The molecule has 4 aromatic heterocycles. The summed E-state index contributed by atoms with van der Waals surface area (Å²) in [5, 5.41) is 11.9. The topological polar surface area (TPSA) is 102 Å². The van der Waals surface area contributed by atoms with E-state index < -0.39 is 0 Å². The van der Waals surface area contributed by atoms with Crippen LogP contribution in [0, 0.1) is 0 Å². The highest BCUT2D eigenvalue weighted by Gasteiger charge is 2.19. The average Bonchev–Trinajstić information content (AvgIpc) is 3.45. The molecule has 0 spiro atoms. The zero-order valence-electron chi connectivity index (χ0n) is 17.4. The third-order valence-electron chi connectivity index (χ3n) is 5.86. The van der Waals surface area contributed by atoms with Gasteiger partial charge >= 0.3 is 0 Å². The molecule has 4 heterocycles. The van der Waals surface area contributed by atoms with Gasteiger partial charge in [0, 0.05) is 30.1 Å². The number of pyridine rings is 2. The number of H-pyrrole nitrogens is 1. The molecule has 8 nitrogen and oxygen atoms in total. The fourth-order valence-corrected chi connectivity index (χ4v) is 4.24. The van der Waals surface area contributed by atoms with E-state index in [1.54, 1.807) is 12.4 Å². The molecule has 8 heteroatoms. The zero-order valence-corrected chi connectivity index (χ0v) is 17.4. The lowest BCUT2D eigenvalue weighted by molar-refractivity contribution is 0.461. The number of anilines is 1. The number of benzene rings is 1. The Morgan fingerprint density at radius 2 is 1.84 bits per heavy atom. The molecule has 1 aliphatic rings. The monoisotopic (exact) mass is 426 g/mol. The highest BCUT2D eigenvalue weighted by Crippen LogP contribution is 2.35. The molecule has 0 amide bonds. The maximum absolute atomic E-state index is 6.23. The van der Waals surface area contributed by atoms with Gasteiger partial charge in [-0.25, -0.2) is 9.97 Å². The molecule has 1 saturated carbocycles. The Hall–Kier alpha value is -3.94. The van der Waals surface area contributed by atoms with Crippen molar-refractivity contribution >= 4 is 28.1 Å². The third-order valence-corrected chi connectivity index (χ3v) is 5.86. The Morgan fingerprint density at radius 3 is 2.69 bits per heavy atom. The summed E-state index contributed by atoms with van der Waals surface area (Å²) in [6.45, 7) is 0. The van der Waals surface area contributed by atoms with Crippen LogP contribution in [0.5, 0.6) is 11.5 Å². The zero-order chi connectivity index (χ0) is 21.3. The van der Waals surface area contributed by atoms with Crippen LogP contribution in [0.1, 0.15) is 32.1 Å². The Morgan fingerprint density at radius 1 is 0.969 bits per heavy atom. The Balaban J connectivity index is 1.26. The predicted octanol–water partition coefficient (Wildman–Crippen LogP) is 5.70. The van der Waals surface area contributed by atoms with E-state index in [9.17, 15) is 0 Å². The maximum Gasteiger partial charge on any atom is 0.228 e. The Kier molecular flexibility index (Phi) is 4.67. The van der Waals surface area contributed by atoms with E-state index >= 15 is 0 Å². The SMILES string of the molecule is c1cnc2nc(-c3ccc(Oc4ccnc5[nH]nc(NC6CCCCC6)c45)cc3)oc2c1. The number of ether oxygens (including phenoxy) is 1. The summed E-state index contributed by atoms with van der Waals surface area (Å²) >= 11 is 0. The van der Waals surface area contributed by atoms with Crippen molar-refractivity contribution in [2.45, 2.75) is 38.1 Å². The number of aromatic nitrogens is 5. The van der Waals surface area contributed by atoms with Crippen LogP contribution in [0.3, 0.4) is 0 Å². The van der Waals surface area contributed by atoms with Crippen molar-refractivity contribution in [1.82, 2.24) is 25.1 Å². The predicted molar refractivity (Wildman–Crippen MR) is 122 cm³/mol. The second-order valence-electron chi connectivity index (χ2n) is 8.05. The van der Waals surface area contributed by atoms with Crippen LogP contribution in [-0.2, 0) is 0 Å². The fourth-order valence-electron chi connectivity index (χ4n) is 4.24. The molecular formula is C24H22N6O2. The molecular weight excluding hydrogens is 404 g/mol. The number of nitrogens with zero attached hydrogens (tertiary/aromatic N) is 4. The summed E-state index contributed by atoms with van der Waals surface area (Å²) in [6, 6.07) is 13.6. The smallest absolute Gasteiger partial charge is 0.228 e. The number of fused-ring (bicyclic) bond motifs is 2. The highest BCUT2D eigenvalue weighted by atomic mass is 16.5. The molecule has 0 aliphatic heterocycles. The van der Waals surface area contributed by atoms with Crippen molar-refractivity contribution in [3.63, 3.8) is 0 Å². The minimum atomic E-state index is 0.438. The van der Waals surface area contributed by atoms with Crippen molar-refractivity contribution in [2.24, 2.45) is 0 Å². The normalized spacial score (nSPS) is 14.8. The van der Waals surface area contributed by atoms with Crippen molar-refractivity contribution in [3.8, 4) is 23.0 Å². The van der Waals surface area contributed by atoms with Crippen molar-refractivity contribution in [1.29, 1.82) is 0 Å². The van der Waals surface area contributed by atoms with Crippen LogP contribution in [0.25, 0.3) is 33.7 Å². The van der Waals surface area contributed by atoms with Gasteiger partial charge in [-0.2, -0.15) is 10.1 Å². The van der Waals surface area contributed by atoms with Gasteiger partial charge in [0.05, 0.1) is 0 Å². The molecule has 2 N–H and O–H groups in total. The summed E-state index contributed by atoms with van der Waals surface area (Å²) in [5.41, 5.74) is 2.83. The molecule has 0 bridgehead atoms. The van der Waals surface area contributed by atoms with E-state index in [2.05, 4.69) is 30.5 Å². The summed E-state index contributed by atoms with van der Waals surface area (Å²) < 4.78 is 12.0. The summed E-state index contributed by atoms with van der Waals surface area (Å²) in [4.78, 5) is 13.1. The van der Waals surface area contributed by atoms with E-state index in [0.29, 0.717) is 40.3 Å². The van der Waals surface area contributed by atoms with E-state index in [-0.39, 0.29) is 0 Å². The molecule has 0 saturated heterocycles. The summed E-state index contributed by atoms with van der Waals surface area (Å²) in [6.07, 6.45) is 9.57. The van der Waals surface area contributed by atoms with E-state index in [1.165, 1.54) is 19.3 Å². The molecule has 5 aromatic rings. The molecule has 0 unspecified atom stereocenters. The van der Waals surface area contributed by atoms with Gasteiger partial charge in [0.2, 0.25) is 5.89 Å². The van der Waals surface area contributed by atoms with E-state index in [4.69, 9.17) is 9.15 Å². The standard InChI is InChI=1S/C24H22N6O2/c1-2-5-16(6-3-1)27-23-20-18(12-14-26-22(20)29-30-23)31-17-10-8-15(9-11-17)24-28-21-19(32-24)7-4-13-25-21/h4,7-14,16H,1-3,5-6H2,(H2,26,27,29,30). The van der Waals surface area contributed by atoms with Crippen LogP contribution in [0.2, 0.25) is 0 Å². The van der Waals surface area contributed by atoms with Crippen LogP contribution >= 0.6 is 0 Å². The number of nitrogens with one attached hydrogen (secondary N) is 2. The van der Waals surface area contributed by atoms with Gasteiger partial charge in [0.25, 0.3) is 0 Å². The molecule has 6 rings (SSSR count). The Bertz CT molecular complexity index is 1340. The summed E-state index contributed by atoms with van der Waals surface area (Å²) in [7, 11) is 0. The Labute approximate surface area is 184 Å². The van der Waals surface area contributed by atoms with Crippen molar-refractivity contribution in [2.75, 3.05) is 5.32 Å². The van der Waals surface area contributed by atoms with Gasteiger partial charge < -0.3 is 14.5 Å². The molecule has 0 atom stereocenters. The first-order valence-corrected chi connectivity index (χ1v) is 10.9.